The highest BCUT2D eigenvalue weighted by atomic mass is 16.5. The number of aromatic carboxylic acids is 1. The first-order chi connectivity index (χ1) is 7.65. The lowest BCUT2D eigenvalue weighted by Gasteiger charge is -2.05. The van der Waals surface area contributed by atoms with Gasteiger partial charge in [0.1, 0.15) is 17.0 Å². The standard InChI is InChI=1S/C10H10N2O4/c1-15-6-3-9(16-2)8-4-7(10(13)14)11-12(8)5-6/h3-5H,1-2H3,(H,13,14). The van der Waals surface area contributed by atoms with Crippen molar-refractivity contribution in [3.05, 3.63) is 24.0 Å². The van der Waals surface area contributed by atoms with Gasteiger partial charge in [0.2, 0.25) is 0 Å². The number of carboxylic acids is 1. The van der Waals surface area contributed by atoms with E-state index >= 15 is 0 Å². The van der Waals surface area contributed by atoms with Crippen LogP contribution in [0, 0.1) is 0 Å². The van der Waals surface area contributed by atoms with E-state index < -0.39 is 5.97 Å². The summed E-state index contributed by atoms with van der Waals surface area (Å²) in [7, 11) is 3.02. The molecule has 6 nitrogen and oxygen atoms in total. The number of nitrogens with zero attached hydrogens (tertiary/aromatic N) is 2. The molecule has 0 aliphatic rings. The molecule has 0 amide bonds. The first-order valence-corrected chi connectivity index (χ1v) is 4.50. The van der Waals surface area contributed by atoms with Gasteiger partial charge in [-0.05, 0) is 0 Å². The van der Waals surface area contributed by atoms with Gasteiger partial charge in [-0.15, -0.1) is 0 Å². The number of carboxylic acid groups (broad SMARTS) is 1. The molecule has 0 aliphatic carbocycles. The van der Waals surface area contributed by atoms with E-state index in [0.717, 1.165) is 0 Å². The summed E-state index contributed by atoms with van der Waals surface area (Å²) in [6, 6.07) is 3.11. The molecule has 2 aromatic heterocycles. The molecule has 0 bridgehead atoms. The molecule has 0 saturated heterocycles. The van der Waals surface area contributed by atoms with Gasteiger partial charge < -0.3 is 14.6 Å². The largest absolute Gasteiger partial charge is 0.495 e. The number of hydrogen-bond acceptors (Lipinski definition) is 4. The third-order valence-electron chi connectivity index (χ3n) is 2.19. The fraction of sp³-hybridized carbons (Fsp3) is 0.200. The normalized spacial score (nSPS) is 10.4. The van der Waals surface area contributed by atoms with Crippen LogP contribution < -0.4 is 9.47 Å². The van der Waals surface area contributed by atoms with Crippen molar-refractivity contribution in [2.24, 2.45) is 0 Å². The van der Waals surface area contributed by atoms with Crippen molar-refractivity contribution in [2.75, 3.05) is 14.2 Å². The van der Waals surface area contributed by atoms with Gasteiger partial charge >= 0.3 is 5.97 Å². The van der Waals surface area contributed by atoms with Gasteiger partial charge in [-0.25, -0.2) is 9.31 Å². The molecule has 0 fully saturated rings. The van der Waals surface area contributed by atoms with Crippen LogP contribution in [0.4, 0.5) is 0 Å². The minimum atomic E-state index is -1.08. The van der Waals surface area contributed by atoms with E-state index in [2.05, 4.69) is 5.10 Å². The van der Waals surface area contributed by atoms with Gasteiger partial charge in [0.05, 0.1) is 20.4 Å². The second-order valence-corrected chi connectivity index (χ2v) is 3.11. The Kier molecular flexibility index (Phi) is 2.40. The first-order valence-electron chi connectivity index (χ1n) is 4.50. The molecule has 0 unspecified atom stereocenters. The number of carbonyl (C=O) groups is 1. The molecule has 2 rings (SSSR count). The van der Waals surface area contributed by atoms with Gasteiger partial charge in [0.25, 0.3) is 0 Å². The van der Waals surface area contributed by atoms with Crippen LogP contribution in [0.3, 0.4) is 0 Å². The maximum atomic E-state index is 10.8. The van der Waals surface area contributed by atoms with Crippen molar-refractivity contribution in [2.45, 2.75) is 0 Å². The Balaban J connectivity index is 2.69. The molecule has 16 heavy (non-hydrogen) atoms. The van der Waals surface area contributed by atoms with E-state index in [0.29, 0.717) is 17.0 Å². The molecule has 0 saturated carbocycles. The van der Waals surface area contributed by atoms with Crippen molar-refractivity contribution < 1.29 is 19.4 Å². The Morgan fingerprint density at radius 3 is 2.69 bits per heavy atom. The highest BCUT2D eigenvalue weighted by molar-refractivity contribution is 5.87. The summed E-state index contributed by atoms with van der Waals surface area (Å²) in [6.07, 6.45) is 1.59. The molecular weight excluding hydrogens is 212 g/mol. The summed E-state index contributed by atoms with van der Waals surface area (Å²) in [5, 5.41) is 12.7. The summed E-state index contributed by atoms with van der Waals surface area (Å²) >= 11 is 0. The molecule has 0 spiro atoms. The number of fused-ring (bicyclic) bond motifs is 1. The lowest BCUT2D eigenvalue weighted by atomic mass is 10.3. The first kappa shape index (κ1) is 10.3. The maximum Gasteiger partial charge on any atom is 0.356 e. The summed E-state index contributed by atoms with van der Waals surface area (Å²) in [5.41, 5.74) is 0.548. The summed E-state index contributed by atoms with van der Waals surface area (Å²) < 4.78 is 11.6. The number of rotatable bonds is 3. The fourth-order valence-electron chi connectivity index (χ4n) is 1.42. The van der Waals surface area contributed by atoms with Crippen LogP contribution in [0.2, 0.25) is 0 Å². The molecule has 6 heteroatoms. The highest BCUT2D eigenvalue weighted by Crippen LogP contribution is 2.25. The number of aromatic nitrogens is 2. The third-order valence-corrected chi connectivity index (χ3v) is 2.19. The quantitative estimate of drug-likeness (QED) is 0.840. The molecule has 2 heterocycles. The summed E-state index contributed by atoms with van der Waals surface area (Å²) in [4.78, 5) is 10.8. The van der Waals surface area contributed by atoms with Crippen LogP contribution in [0.25, 0.3) is 5.52 Å². The summed E-state index contributed by atoms with van der Waals surface area (Å²) in [5.74, 6) is -0.0199. The van der Waals surface area contributed by atoms with E-state index in [-0.39, 0.29) is 5.69 Å². The zero-order valence-corrected chi connectivity index (χ0v) is 8.80. The lowest BCUT2D eigenvalue weighted by molar-refractivity contribution is 0.0690. The fourth-order valence-corrected chi connectivity index (χ4v) is 1.42. The number of methoxy groups -OCH3 is 2. The second-order valence-electron chi connectivity index (χ2n) is 3.11. The Morgan fingerprint density at radius 1 is 1.38 bits per heavy atom. The van der Waals surface area contributed by atoms with Crippen molar-refractivity contribution in [1.82, 2.24) is 9.61 Å². The van der Waals surface area contributed by atoms with Gasteiger partial charge in [0.15, 0.2) is 5.69 Å². The molecule has 2 aromatic rings. The van der Waals surface area contributed by atoms with Crippen LogP contribution >= 0.6 is 0 Å². The van der Waals surface area contributed by atoms with Crippen LogP contribution in [0.5, 0.6) is 11.5 Å². The highest BCUT2D eigenvalue weighted by Gasteiger charge is 2.13. The monoisotopic (exact) mass is 222 g/mol. The van der Waals surface area contributed by atoms with Crippen molar-refractivity contribution in [3.8, 4) is 11.5 Å². The van der Waals surface area contributed by atoms with Crippen molar-refractivity contribution in [1.29, 1.82) is 0 Å². The zero-order chi connectivity index (χ0) is 11.7. The molecule has 84 valence electrons. The van der Waals surface area contributed by atoms with E-state index in [4.69, 9.17) is 14.6 Å². The Hall–Kier alpha value is -2.24. The molecular formula is C10H10N2O4. The third kappa shape index (κ3) is 1.54. The van der Waals surface area contributed by atoms with Crippen LogP contribution in [0.1, 0.15) is 10.5 Å². The Bertz CT molecular complexity index is 547. The van der Waals surface area contributed by atoms with E-state index in [1.807, 2.05) is 0 Å². The van der Waals surface area contributed by atoms with Crippen molar-refractivity contribution in [3.63, 3.8) is 0 Å². The number of ether oxygens (including phenoxy) is 2. The minimum Gasteiger partial charge on any atom is -0.495 e. The average molecular weight is 222 g/mol. The summed E-state index contributed by atoms with van der Waals surface area (Å²) in [6.45, 7) is 0. The molecule has 0 radical (unpaired) electrons. The predicted molar refractivity (Wildman–Crippen MR) is 55.3 cm³/mol. The Morgan fingerprint density at radius 2 is 2.12 bits per heavy atom. The number of pyridine rings is 1. The Labute approximate surface area is 91.0 Å². The number of hydrogen-bond donors (Lipinski definition) is 1. The van der Waals surface area contributed by atoms with Crippen molar-refractivity contribution >= 4 is 11.5 Å². The van der Waals surface area contributed by atoms with Crippen LogP contribution in [-0.4, -0.2) is 34.9 Å². The molecule has 1 N–H and O–H groups in total. The van der Waals surface area contributed by atoms with Gasteiger partial charge in [-0.1, -0.05) is 0 Å². The minimum absolute atomic E-state index is 0.0356. The van der Waals surface area contributed by atoms with E-state index in [9.17, 15) is 4.79 Å². The lowest BCUT2D eigenvalue weighted by Crippen LogP contribution is -1.98. The van der Waals surface area contributed by atoms with E-state index in [1.54, 1.807) is 12.3 Å². The molecule has 0 aromatic carbocycles. The smallest absolute Gasteiger partial charge is 0.356 e. The maximum absolute atomic E-state index is 10.8. The van der Waals surface area contributed by atoms with Crippen LogP contribution in [0.15, 0.2) is 18.3 Å². The topological polar surface area (TPSA) is 73.1 Å². The second kappa shape index (κ2) is 3.73. The van der Waals surface area contributed by atoms with E-state index in [1.165, 1.54) is 24.8 Å². The zero-order valence-electron chi connectivity index (χ0n) is 8.80. The van der Waals surface area contributed by atoms with Gasteiger partial charge in [0, 0.05) is 12.1 Å². The van der Waals surface area contributed by atoms with Crippen LogP contribution in [-0.2, 0) is 0 Å². The molecule has 0 atom stereocenters. The van der Waals surface area contributed by atoms with Gasteiger partial charge in [-0.2, -0.15) is 5.10 Å². The van der Waals surface area contributed by atoms with Gasteiger partial charge in [-0.3, -0.25) is 0 Å². The molecule has 0 aliphatic heterocycles. The average Bonchev–Trinajstić information content (AvgIpc) is 2.71. The SMILES string of the molecule is COc1cc(OC)c2cc(C(=O)O)nn2c1. The predicted octanol–water partition coefficient (Wildman–Crippen LogP) is 1.05.